The smallest absolute Gasteiger partial charge is 0.313 e. The normalized spacial score (nSPS) is 10.0. The number of nitrogens with one attached hydrogen (secondary N) is 2. The van der Waals surface area contributed by atoms with Crippen LogP contribution in [0.15, 0.2) is 42.5 Å². The van der Waals surface area contributed by atoms with Gasteiger partial charge >= 0.3 is 11.8 Å². The predicted molar refractivity (Wildman–Crippen MR) is 84.6 cm³/mol. The number of carbonyl (C=O) groups excluding carboxylic acids is 2. The van der Waals surface area contributed by atoms with Crippen LogP contribution >= 0.6 is 0 Å². The molecule has 2 N–H and O–H groups in total. The van der Waals surface area contributed by atoms with E-state index < -0.39 is 17.6 Å². The molecular formula is C17H17FN2O3. The Morgan fingerprint density at radius 3 is 2.39 bits per heavy atom. The van der Waals surface area contributed by atoms with Gasteiger partial charge in [0.2, 0.25) is 0 Å². The van der Waals surface area contributed by atoms with Crippen LogP contribution in [-0.4, -0.2) is 18.9 Å². The monoisotopic (exact) mass is 316 g/mol. The van der Waals surface area contributed by atoms with E-state index in [1.165, 1.54) is 18.2 Å². The van der Waals surface area contributed by atoms with Crippen molar-refractivity contribution in [1.29, 1.82) is 0 Å². The Balaban J connectivity index is 1.89. The van der Waals surface area contributed by atoms with Gasteiger partial charge in [-0.25, -0.2) is 4.39 Å². The minimum Gasteiger partial charge on any atom is -0.497 e. The molecule has 5 nitrogen and oxygen atoms in total. The second kappa shape index (κ2) is 7.40. The van der Waals surface area contributed by atoms with Crippen LogP contribution in [0.2, 0.25) is 0 Å². The first kappa shape index (κ1) is 16.5. The van der Waals surface area contributed by atoms with Gasteiger partial charge in [-0.15, -0.1) is 0 Å². The zero-order valence-electron chi connectivity index (χ0n) is 12.9. The van der Waals surface area contributed by atoms with Crippen molar-refractivity contribution >= 4 is 17.5 Å². The van der Waals surface area contributed by atoms with Crippen LogP contribution in [0.3, 0.4) is 0 Å². The molecule has 2 rings (SSSR count). The molecule has 0 bridgehead atoms. The molecule has 0 aromatic heterocycles. The van der Waals surface area contributed by atoms with Crippen LogP contribution in [0.5, 0.6) is 5.75 Å². The van der Waals surface area contributed by atoms with Crippen LogP contribution in [0.1, 0.15) is 11.1 Å². The maximum absolute atomic E-state index is 13.4. The lowest BCUT2D eigenvalue weighted by Gasteiger charge is -2.08. The molecule has 120 valence electrons. The molecule has 0 fully saturated rings. The van der Waals surface area contributed by atoms with E-state index in [0.29, 0.717) is 11.3 Å². The highest BCUT2D eigenvalue weighted by Gasteiger charge is 2.14. The van der Waals surface area contributed by atoms with Gasteiger partial charge in [-0.05, 0) is 42.3 Å². The average Bonchev–Trinajstić information content (AvgIpc) is 2.56. The van der Waals surface area contributed by atoms with E-state index in [-0.39, 0.29) is 12.2 Å². The summed E-state index contributed by atoms with van der Waals surface area (Å²) < 4.78 is 18.4. The number of rotatable bonds is 4. The fraction of sp³-hybridized carbons (Fsp3) is 0.176. The van der Waals surface area contributed by atoms with Crippen LogP contribution in [0.25, 0.3) is 0 Å². The number of methoxy groups -OCH3 is 1. The summed E-state index contributed by atoms with van der Waals surface area (Å²) in [6.07, 6.45) is 0. The second-order valence-electron chi connectivity index (χ2n) is 4.95. The molecule has 2 amide bonds. The summed E-state index contributed by atoms with van der Waals surface area (Å²) in [6, 6.07) is 11.3. The summed E-state index contributed by atoms with van der Waals surface area (Å²) >= 11 is 0. The van der Waals surface area contributed by atoms with E-state index in [2.05, 4.69) is 10.6 Å². The number of ether oxygens (including phenoxy) is 1. The van der Waals surface area contributed by atoms with Gasteiger partial charge in [-0.2, -0.15) is 0 Å². The van der Waals surface area contributed by atoms with Crippen molar-refractivity contribution in [1.82, 2.24) is 5.32 Å². The first-order valence-electron chi connectivity index (χ1n) is 6.98. The highest BCUT2D eigenvalue weighted by molar-refractivity contribution is 6.39. The van der Waals surface area contributed by atoms with Gasteiger partial charge in [0, 0.05) is 12.2 Å². The van der Waals surface area contributed by atoms with Gasteiger partial charge in [0.25, 0.3) is 0 Å². The maximum Gasteiger partial charge on any atom is 0.313 e. The van der Waals surface area contributed by atoms with Gasteiger partial charge in [-0.1, -0.05) is 18.2 Å². The molecule has 0 aliphatic heterocycles. The number of benzene rings is 2. The van der Waals surface area contributed by atoms with Crippen LogP contribution in [0.4, 0.5) is 10.1 Å². The molecule has 6 heteroatoms. The first-order chi connectivity index (χ1) is 11.0. The Hall–Kier alpha value is -2.89. The molecule has 0 heterocycles. The summed E-state index contributed by atoms with van der Waals surface area (Å²) in [4.78, 5) is 23.5. The van der Waals surface area contributed by atoms with Gasteiger partial charge < -0.3 is 15.4 Å². The Morgan fingerprint density at radius 1 is 1.09 bits per heavy atom. The minimum absolute atomic E-state index is 0.207. The predicted octanol–water partition coefficient (Wildman–Crippen LogP) is 2.40. The molecule has 0 aliphatic carbocycles. The van der Waals surface area contributed by atoms with E-state index in [0.717, 1.165) is 5.56 Å². The van der Waals surface area contributed by atoms with Crippen molar-refractivity contribution in [2.75, 3.05) is 12.4 Å². The standard InChI is InChI=1S/C17H17FN2O3/c1-11-3-6-13(9-15(11)18)20-17(22)16(21)19-10-12-4-7-14(23-2)8-5-12/h3-9H,10H2,1-2H3,(H,19,21)(H,20,22). The number of halogens is 1. The number of aryl methyl sites for hydroxylation is 1. The summed E-state index contributed by atoms with van der Waals surface area (Å²) in [5, 5.41) is 4.85. The topological polar surface area (TPSA) is 67.4 Å². The molecular weight excluding hydrogens is 299 g/mol. The van der Waals surface area contributed by atoms with E-state index in [1.807, 2.05) is 0 Å². The number of hydrogen-bond acceptors (Lipinski definition) is 3. The molecule has 0 radical (unpaired) electrons. The Bertz CT molecular complexity index is 714. The molecule has 0 aliphatic rings. The Morgan fingerprint density at radius 2 is 1.78 bits per heavy atom. The second-order valence-corrected chi connectivity index (χ2v) is 4.95. The van der Waals surface area contributed by atoms with E-state index in [9.17, 15) is 14.0 Å². The SMILES string of the molecule is COc1ccc(CNC(=O)C(=O)Nc2ccc(C)c(F)c2)cc1. The van der Waals surface area contributed by atoms with Crippen molar-refractivity contribution in [2.45, 2.75) is 13.5 Å². The first-order valence-corrected chi connectivity index (χ1v) is 6.98. The average molecular weight is 316 g/mol. The Kier molecular flexibility index (Phi) is 5.30. The number of carbonyl (C=O) groups is 2. The number of amides is 2. The van der Waals surface area contributed by atoms with Crippen molar-refractivity contribution in [2.24, 2.45) is 0 Å². The van der Waals surface area contributed by atoms with Crippen LogP contribution < -0.4 is 15.4 Å². The summed E-state index contributed by atoms with van der Waals surface area (Å²) in [6.45, 7) is 1.82. The Labute approximate surface area is 133 Å². The highest BCUT2D eigenvalue weighted by atomic mass is 19.1. The van der Waals surface area contributed by atoms with Crippen molar-refractivity contribution in [3.05, 3.63) is 59.4 Å². The van der Waals surface area contributed by atoms with Crippen LogP contribution in [0, 0.1) is 12.7 Å². The molecule has 0 unspecified atom stereocenters. The van der Waals surface area contributed by atoms with Gasteiger partial charge in [0.1, 0.15) is 11.6 Å². The van der Waals surface area contributed by atoms with Gasteiger partial charge in [0.15, 0.2) is 0 Å². The van der Waals surface area contributed by atoms with E-state index in [1.54, 1.807) is 38.3 Å². The lowest BCUT2D eigenvalue weighted by molar-refractivity contribution is -0.136. The lowest BCUT2D eigenvalue weighted by atomic mass is 10.2. The van der Waals surface area contributed by atoms with Crippen molar-refractivity contribution in [3.8, 4) is 5.75 Å². The molecule has 0 saturated heterocycles. The molecule has 0 atom stereocenters. The highest BCUT2D eigenvalue weighted by Crippen LogP contribution is 2.13. The molecule has 2 aromatic rings. The fourth-order valence-corrected chi connectivity index (χ4v) is 1.86. The third-order valence-corrected chi connectivity index (χ3v) is 3.25. The third kappa shape index (κ3) is 4.54. The summed E-state index contributed by atoms with van der Waals surface area (Å²) in [5.41, 5.74) is 1.53. The maximum atomic E-state index is 13.4. The summed E-state index contributed by atoms with van der Waals surface area (Å²) in [7, 11) is 1.56. The molecule has 23 heavy (non-hydrogen) atoms. The quantitative estimate of drug-likeness (QED) is 0.851. The summed E-state index contributed by atoms with van der Waals surface area (Å²) in [5.74, 6) is -1.37. The van der Waals surface area contributed by atoms with Crippen LogP contribution in [-0.2, 0) is 16.1 Å². The third-order valence-electron chi connectivity index (χ3n) is 3.25. The minimum atomic E-state index is -0.846. The number of anilines is 1. The molecule has 0 spiro atoms. The van der Waals surface area contributed by atoms with Gasteiger partial charge in [0.05, 0.1) is 7.11 Å². The molecule has 2 aromatic carbocycles. The van der Waals surface area contributed by atoms with Gasteiger partial charge in [-0.3, -0.25) is 9.59 Å². The van der Waals surface area contributed by atoms with E-state index in [4.69, 9.17) is 4.74 Å². The largest absolute Gasteiger partial charge is 0.497 e. The zero-order valence-corrected chi connectivity index (χ0v) is 12.9. The number of hydrogen-bond donors (Lipinski definition) is 2. The lowest BCUT2D eigenvalue weighted by Crippen LogP contribution is -2.34. The van der Waals surface area contributed by atoms with Crippen molar-refractivity contribution < 1.29 is 18.7 Å². The molecule has 0 saturated carbocycles. The van der Waals surface area contributed by atoms with Crippen molar-refractivity contribution in [3.63, 3.8) is 0 Å². The zero-order chi connectivity index (χ0) is 16.8. The fourth-order valence-electron chi connectivity index (χ4n) is 1.86. The van der Waals surface area contributed by atoms with E-state index >= 15 is 0 Å².